The van der Waals surface area contributed by atoms with E-state index in [2.05, 4.69) is 32.5 Å². The molecular formula is C27H26FN7O. The number of nitrogens with zero attached hydrogens (tertiary/aromatic N) is 5. The molecule has 1 aliphatic rings. The number of rotatable bonds is 6. The van der Waals surface area contributed by atoms with E-state index >= 15 is 0 Å². The number of pyridine rings is 1. The number of carbonyl (C=O) groups is 1. The van der Waals surface area contributed by atoms with Gasteiger partial charge < -0.3 is 15.2 Å². The third kappa shape index (κ3) is 4.17. The third-order valence-corrected chi connectivity index (χ3v) is 6.72. The number of para-hydroxylation sites is 1. The molecule has 8 nitrogen and oxygen atoms in total. The molecule has 0 aliphatic carbocycles. The van der Waals surface area contributed by atoms with Gasteiger partial charge in [0.15, 0.2) is 5.65 Å². The van der Waals surface area contributed by atoms with E-state index in [4.69, 9.17) is 4.98 Å². The van der Waals surface area contributed by atoms with Crippen LogP contribution in [0.5, 0.6) is 0 Å². The lowest BCUT2D eigenvalue weighted by atomic mass is 10.1. The minimum Gasteiger partial charge on any atom is -0.370 e. The molecule has 0 radical (unpaired) electrons. The number of aromatic nitrogens is 5. The molecule has 0 atom stereocenters. The van der Waals surface area contributed by atoms with Gasteiger partial charge in [-0.05, 0) is 43.4 Å². The summed E-state index contributed by atoms with van der Waals surface area (Å²) in [6, 6.07) is 11.4. The van der Waals surface area contributed by atoms with Crippen molar-refractivity contribution in [1.82, 2.24) is 29.5 Å². The second-order valence-electron chi connectivity index (χ2n) is 9.10. The summed E-state index contributed by atoms with van der Waals surface area (Å²) in [6.45, 7) is 2.11. The van der Waals surface area contributed by atoms with Crippen LogP contribution in [-0.2, 0) is 6.42 Å². The van der Waals surface area contributed by atoms with E-state index in [1.807, 2.05) is 29.3 Å². The maximum atomic E-state index is 14.0. The molecule has 1 fully saturated rings. The molecule has 5 heterocycles. The first kappa shape index (κ1) is 22.2. The van der Waals surface area contributed by atoms with E-state index < -0.39 is 5.82 Å². The van der Waals surface area contributed by atoms with Gasteiger partial charge in [0, 0.05) is 54.6 Å². The van der Waals surface area contributed by atoms with Crippen molar-refractivity contribution in [2.24, 2.45) is 0 Å². The summed E-state index contributed by atoms with van der Waals surface area (Å²) in [7, 11) is 0. The Balaban J connectivity index is 1.35. The number of aromatic amines is 1. The zero-order chi connectivity index (χ0) is 24.5. The summed E-state index contributed by atoms with van der Waals surface area (Å²) >= 11 is 0. The van der Waals surface area contributed by atoms with Crippen molar-refractivity contribution in [2.75, 3.05) is 25.0 Å². The van der Waals surface area contributed by atoms with Crippen LogP contribution in [0, 0.1) is 5.82 Å². The topological polar surface area (TPSA) is 91.2 Å². The summed E-state index contributed by atoms with van der Waals surface area (Å²) in [5, 5.41) is 9.15. The standard InChI is InChI=1S/C27H26FN7O/c28-20-12-19(14-29-16-20)24-13-25(30-9-8-18-15-31-23-7-3-2-6-21(18)23)35-26(33-24)22(17-32-35)27(36)34-10-4-1-5-11-34/h2-3,6-7,12-17,30-31H,1,4-5,8-11H2. The van der Waals surface area contributed by atoms with E-state index in [9.17, 15) is 9.18 Å². The Morgan fingerprint density at radius 3 is 2.81 bits per heavy atom. The van der Waals surface area contributed by atoms with Gasteiger partial charge in [0.05, 0.1) is 18.1 Å². The van der Waals surface area contributed by atoms with E-state index in [1.54, 1.807) is 16.9 Å². The summed E-state index contributed by atoms with van der Waals surface area (Å²) in [4.78, 5) is 27.2. The van der Waals surface area contributed by atoms with Crippen LogP contribution in [0.2, 0.25) is 0 Å². The number of hydrogen-bond donors (Lipinski definition) is 2. The van der Waals surface area contributed by atoms with Gasteiger partial charge >= 0.3 is 0 Å². The third-order valence-electron chi connectivity index (χ3n) is 6.72. The lowest BCUT2D eigenvalue weighted by Crippen LogP contribution is -2.35. The Morgan fingerprint density at radius 1 is 1.08 bits per heavy atom. The molecule has 182 valence electrons. The molecule has 0 spiro atoms. The highest BCUT2D eigenvalue weighted by Gasteiger charge is 2.24. The number of benzene rings is 1. The molecule has 9 heteroatoms. The number of likely N-dealkylation sites (tertiary alicyclic amines) is 1. The Kier molecular flexibility index (Phi) is 5.80. The quantitative estimate of drug-likeness (QED) is 0.366. The molecule has 0 bridgehead atoms. The fraction of sp³-hybridized carbons (Fsp3) is 0.259. The first-order valence-corrected chi connectivity index (χ1v) is 12.3. The summed E-state index contributed by atoms with van der Waals surface area (Å²) in [5.41, 5.74) is 4.27. The largest absolute Gasteiger partial charge is 0.370 e. The SMILES string of the molecule is O=C(c1cnn2c(NCCc3c[nH]c4ccccc34)cc(-c3cncc(F)c3)nc12)N1CCCCC1. The smallest absolute Gasteiger partial charge is 0.259 e. The molecule has 36 heavy (non-hydrogen) atoms. The van der Waals surface area contributed by atoms with Gasteiger partial charge in [0.2, 0.25) is 0 Å². The molecule has 1 amide bonds. The normalized spacial score (nSPS) is 14.0. The molecule has 1 aromatic carbocycles. The molecule has 1 aliphatic heterocycles. The number of anilines is 1. The van der Waals surface area contributed by atoms with Gasteiger partial charge in [0.1, 0.15) is 17.2 Å². The van der Waals surface area contributed by atoms with Gasteiger partial charge in [-0.3, -0.25) is 9.78 Å². The van der Waals surface area contributed by atoms with Gasteiger partial charge in [-0.15, -0.1) is 0 Å². The minimum absolute atomic E-state index is 0.0727. The highest BCUT2D eigenvalue weighted by molar-refractivity contribution is 6.00. The second kappa shape index (κ2) is 9.41. The van der Waals surface area contributed by atoms with E-state index in [0.717, 1.165) is 50.5 Å². The zero-order valence-electron chi connectivity index (χ0n) is 19.7. The Labute approximate surface area is 207 Å². The monoisotopic (exact) mass is 483 g/mol. The van der Waals surface area contributed by atoms with Crippen LogP contribution < -0.4 is 5.32 Å². The molecule has 6 rings (SSSR count). The first-order chi connectivity index (χ1) is 17.7. The molecular weight excluding hydrogens is 457 g/mol. The highest BCUT2D eigenvalue weighted by Crippen LogP contribution is 2.26. The van der Waals surface area contributed by atoms with Crippen LogP contribution >= 0.6 is 0 Å². The van der Waals surface area contributed by atoms with Crippen molar-refractivity contribution < 1.29 is 9.18 Å². The lowest BCUT2D eigenvalue weighted by molar-refractivity contribution is 0.0726. The summed E-state index contributed by atoms with van der Waals surface area (Å²) < 4.78 is 15.6. The summed E-state index contributed by atoms with van der Waals surface area (Å²) in [6.07, 6.45) is 10.3. The van der Waals surface area contributed by atoms with Crippen LogP contribution in [0.1, 0.15) is 35.2 Å². The Morgan fingerprint density at radius 2 is 1.94 bits per heavy atom. The first-order valence-electron chi connectivity index (χ1n) is 12.3. The maximum Gasteiger partial charge on any atom is 0.259 e. The summed E-state index contributed by atoms with van der Waals surface area (Å²) in [5.74, 6) is 0.161. The average Bonchev–Trinajstić information content (AvgIpc) is 3.53. The van der Waals surface area contributed by atoms with Gasteiger partial charge in [-0.2, -0.15) is 9.61 Å². The fourth-order valence-electron chi connectivity index (χ4n) is 4.87. The number of hydrogen-bond acceptors (Lipinski definition) is 5. The second-order valence-corrected chi connectivity index (χ2v) is 9.10. The van der Waals surface area contributed by atoms with Gasteiger partial charge in [-0.1, -0.05) is 18.2 Å². The minimum atomic E-state index is -0.443. The average molecular weight is 484 g/mol. The molecule has 0 saturated carbocycles. The van der Waals surface area contributed by atoms with E-state index in [1.165, 1.54) is 17.0 Å². The lowest BCUT2D eigenvalue weighted by Gasteiger charge is -2.26. The van der Waals surface area contributed by atoms with Crippen molar-refractivity contribution in [3.05, 3.63) is 78.1 Å². The predicted octanol–water partition coefficient (Wildman–Crippen LogP) is 4.69. The molecule has 5 aromatic rings. The highest BCUT2D eigenvalue weighted by atomic mass is 19.1. The van der Waals surface area contributed by atoms with E-state index in [0.29, 0.717) is 34.8 Å². The van der Waals surface area contributed by atoms with Crippen LogP contribution in [0.15, 0.2) is 61.2 Å². The number of amides is 1. The number of H-pyrrole nitrogens is 1. The van der Waals surface area contributed by atoms with Crippen molar-refractivity contribution in [1.29, 1.82) is 0 Å². The maximum absolute atomic E-state index is 14.0. The molecule has 4 aromatic heterocycles. The van der Waals surface area contributed by atoms with E-state index in [-0.39, 0.29) is 5.91 Å². The number of fused-ring (bicyclic) bond motifs is 2. The predicted molar refractivity (Wildman–Crippen MR) is 136 cm³/mol. The molecule has 2 N–H and O–H groups in total. The van der Waals surface area contributed by atoms with Crippen molar-refractivity contribution in [2.45, 2.75) is 25.7 Å². The fourth-order valence-corrected chi connectivity index (χ4v) is 4.87. The number of halogens is 1. The van der Waals surface area contributed by atoms with Crippen LogP contribution in [0.25, 0.3) is 27.8 Å². The van der Waals surface area contributed by atoms with Crippen LogP contribution in [-0.4, -0.2) is 55.0 Å². The van der Waals surface area contributed by atoms with Crippen molar-refractivity contribution in [3.63, 3.8) is 0 Å². The molecule has 1 saturated heterocycles. The van der Waals surface area contributed by atoms with Crippen LogP contribution in [0.3, 0.4) is 0 Å². The Hall–Kier alpha value is -4.27. The number of piperidine rings is 1. The van der Waals surface area contributed by atoms with Gasteiger partial charge in [0.25, 0.3) is 5.91 Å². The number of carbonyl (C=O) groups excluding carboxylic acids is 1. The Bertz CT molecular complexity index is 1550. The molecule has 0 unspecified atom stereocenters. The van der Waals surface area contributed by atoms with Gasteiger partial charge in [-0.25, -0.2) is 9.37 Å². The van der Waals surface area contributed by atoms with Crippen molar-refractivity contribution in [3.8, 4) is 11.3 Å². The van der Waals surface area contributed by atoms with Crippen LogP contribution in [0.4, 0.5) is 10.2 Å². The van der Waals surface area contributed by atoms with Crippen molar-refractivity contribution >= 4 is 28.3 Å². The zero-order valence-corrected chi connectivity index (χ0v) is 19.7. The number of nitrogens with one attached hydrogen (secondary N) is 2.